The Bertz CT molecular complexity index is 637. The predicted octanol–water partition coefficient (Wildman–Crippen LogP) is 3.05. The summed E-state index contributed by atoms with van der Waals surface area (Å²) in [4.78, 5) is 7.29. The second kappa shape index (κ2) is 16.5. The summed E-state index contributed by atoms with van der Waals surface area (Å²) in [6.45, 7) is 11.8. The van der Waals surface area contributed by atoms with Crippen molar-refractivity contribution < 1.29 is 14.2 Å². The van der Waals surface area contributed by atoms with Gasteiger partial charge in [0.25, 0.3) is 0 Å². The van der Waals surface area contributed by atoms with E-state index < -0.39 is 0 Å². The number of hydrogen-bond donors (Lipinski definition) is 2. The van der Waals surface area contributed by atoms with Gasteiger partial charge in [0.1, 0.15) is 12.4 Å². The van der Waals surface area contributed by atoms with Gasteiger partial charge in [-0.15, -0.1) is 24.0 Å². The number of halogens is 1. The number of rotatable bonds is 12. The number of nitrogens with one attached hydrogen (secondary N) is 2. The maximum absolute atomic E-state index is 5.90. The summed E-state index contributed by atoms with van der Waals surface area (Å²) in [5, 5.41) is 6.90. The van der Waals surface area contributed by atoms with Crippen molar-refractivity contribution in [3.63, 3.8) is 0 Å². The Balaban J connectivity index is 0.00000480. The van der Waals surface area contributed by atoms with E-state index in [9.17, 15) is 0 Å². The first kappa shape index (κ1) is 27.9. The first-order valence-corrected chi connectivity index (χ1v) is 11.1. The Kier molecular flexibility index (Phi) is 14.9. The number of ether oxygens (including phenoxy) is 3. The third kappa shape index (κ3) is 10.9. The minimum atomic E-state index is 0. The molecular formula is C23H41IN4O3. The Morgan fingerprint density at radius 2 is 1.84 bits per heavy atom. The van der Waals surface area contributed by atoms with Gasteiger partial charge in [-0.1, -0.05) is 12.1 Å². The Hall–Kier alpha value is -1.10. The molecule has 0 radical (unpaired) electrons. The molecule has 178 valence electrons. The highest BCUT2D eigenvalue weighted by Crippen LogP contribution is 2.21. The fourth-order valence-electron chi connectivity index (χ4n) is 3.54. The molecule has 0 unspecified atom stereocenters. The monoisotopic (exact) mass is 548 g/mol. The van der Waals surface area contributed by atoms with Gasteiger partial charge >= 0.3 is 0 Å². The molecule has 31 heavy (non-hydrogen) atoms. The molecule has 0 aliphatic carbocycles. The molecule has 1 aromatic carbocycles. The van der Waals surface area contributed by atoms with E-state index in [2.05, 4.69) is 47.6 Å². The van der Waals surface area contributed by atoms with Gasteiger partial charge in [0, 0.05) is 39.4 Å². The number of nitrogens with zero attached hydrogens (tertiary/aromatic N) is 2. The van der Waals surface area contributed by atoms with Crippen LogP contribution in [0.2, 0.25) is 0 Å². The molecule has 1 aromatic rings. The van der Waals surface area contributed by atoms with Crippen molar-refractivity contribution >= 4 is 29.9 Å². The maximum atomic E-state index is 5.90. The number of aliphatic imine (C=N–C) groups is 1. The molecule has 1 fully saturated rings. The fraction of sp³-hybridized carbons (Fsp3) is 0.696. The van der Waals surface area contributed by atoms with Crippen LogP contribution in [0.25, 0.3) is 0 Å². The number of likely N-dealkylation sites (tertiary alicyclic amines) is 1. The van der Waals surface area contributed by atoms with E-state index >= 15 is 0 Å². The van der Waals surface area contributed by atoms with E-state index in [1.54, 1.807) is 14.2 Å². The van der Waals surface area contributed by atoms with Crippen LogP contribution in [0.1, 0.15) is 30.9 Å². The van der Waals surface area contributed by atoms with E-state index in [4.69, 9.17) is 19.2 Å². The normalized spacial score (nSPS) is 15.4. The molecule has 0 atom stereocenters. The number of aryl methyl sites for hydroxylation is 1. The highest BCUT2D eigenvalue weighted by molar-refractivity contribution is 14.0. The largest absolute Gasteiger partial charge is 0.491 e. The van der Waals surface area contributed by atoms with E-state index in [0.29, 0.717) is 25.7 Å². The van der Waals surface area contributed by atoms with Crippen LogP contribution in [0.5, 0.6) is 5.75 Å². The van der Waals surface area contributed by atoms with Crippen molar-refractivity contribution in [3.8, 4) is 5.75 Å². The fourth-order valence-corrected chi connectivity index (χ4v) is 3.54. The van der Waals surface area contributed by atoms with E-state index in [-0.39, 0.29) is 24.0 Å². The lowest BCUT2D eigenvalue weighted by atomic mass is 9.97. The molecule has 0 saturated carbocycles. The van der Waals surface area contributed by atoms with Crippen LogP contribution in [0.3, 0.4) is 0 Å². The summed E-state index contributed by atoms with van der Waals surface area (Å²) in [5.74, 6) is 2.43. The number of hydrogen-bond acceptors (Lipinski definition) is 5. The summed E-state index contributed by atoms with van der Waals surface area (Å²) in [7, 11) is 3.45. The molecule has 0 aromatic heterocycles. The van der Waals surface area contributed by atoms with Gasteiger partial charge in [0.05, 0.1) is 19.8 Å². The molecule has 8 heteroatoms. The molecule has 0 amide bonds. The van der Waals surface area contributed by atoms with Crippen molar-refractivity contribution in [2.45, 2.75) is 33.2 Å². The summed E-state index contributed by atoms with van der Waals surface area (Å²) in [6, 6.07) is 6.27. The van der Waals surface area contributed by atoms with Crippen LogP contribution in [0.15, 0.2) is 23.2 Å². The standard InChI is InChI=1S/C23H40N4O3.HI/c1-5-24-23(25-17-20-8-10-27(11-9-20)12-13-28-3)26-18-21-7-6-19(2)16-22(21)30-15-14-29-4;/h6-7,16,20H,5,8-15,17-18H2,1-4H3,(H2,24,25,26);1H. The summed E-state index contributed by atoms with van der Waals surface area (Å²) in [5.41, 5.74) is 2.26. The Morgan fingerprint density at radius 3 is 2.52 bits per heavy atom. The maximum Gasteiger partial charge on any atom is 0.191 e. The van der Waals surface area contributed by atoms with Crippen LogP contribution < -0.4 is 15.4 Å². The van der Waals surface area contributed by atoms with Gasteiger partial charge in [-0.25, -0.2) is 4.99 Å². The van der Waals surface area contributed by atoms with Gasteiger partial charge in [0.15, 0.2) is 5.96 Å². The van der Waals surface area contributed by atoms with E-state index in [0.717, 1.165) is 56.6 Å². The van der Waals surface area contributed by atoms with Gasteiger partial charge in [-0.2, -0.15) is 0 Å². The first-order chi connectivity index (χ1) is 14.7. The molecular weight excluding hydrogens is 507 g/mol. The minimum absolute atomic E-state index is 0. The zero-order chi connectivity index (χ0) is 21.6. The van der Waals surface area contributed by atoms with Crippen LogP contribution in [0.4, 0.5) is 0 Å². The third-order valence-corrected chi connectivity index (χ3v) is 5.40. The lowest BCUT2D eigenvalue weighted by Crippen LogP contribution is -2.43. The van der Waals surface area contributed by atoms with Crippen molar-refractivity contribution in [2.75, 3.05) is 66.8 Å². The highest BCUT2D eigenvalue weighted by Gasteiger charge is 2.19. The average molecular weight is 549 g/mol. The topological polar surface area (TPSA) is 67.4 Å². The first-order valence-electron chi connectivity index (χ1n) is 11.1. The van der Waals surface area contributed by atoms with Gasteiger partial charge in [0.2, 0.25) is 0 Å². The lowest BCUT2D eigenvalue weighted by molar-refractivity contribution is 0.121. The summed E-state index contributed by atoms with van der Waals surface area (Å²) in [6.07, 6.45) is 2.43. The summed E-state index contributed by atoms with van der Waals surface area (Å²) >= 11 is 0. The van der Waals surface area contributed by atoms with Crippen molar-refractivity contribution in [1.29, 1.82) is 0 Å². The van der Waals surface area contributed by atoms with E-state index in [1.165, 1.54) is 18.4 Å². The zero-order valence-corrected chi connectivity index (χ0v) is 21.9. The number of methoxy groups -OCH3 is 2. The van der Waals surface area contributed by atoms with Crippen LogP contribution in [0, 0.1) is 12.8 Å². The third-order valence-electron chi connectivity index (χ3n) is 5.40. The van der Waals surface area contributed by atoms with Gasteiger partial charge < -0.3 is 29.7 Å². The quantitative estimate of drug-likeness (QED) is 0.181. The lowest BCUT2D eigenvalue weighted by Gasteiger charge is -2.32. The molecule has 0 spiro atoms. The molecule has 2 N–H and O–H groups in total. The van der Waals surface area contributed by atoms with Crippen LogP contribution in [-0.2, 0) is 16.0 Å². The molecule has 1 aliphatic heterocycles. The van der Waals surface area contributed by atoms with Crippen LogP contribution in [-0.4, -0.2) is 77.6 Å². The second-order valence-corrected chi connectivity index (χ2v) is 7.81. The SMILES string of the molecule is CCNC(=NCc1ccc(C)cc1OCCOC)NCC1CCN(CCOC)CC1.I. The number of guanidine groups is 1. The average Bonchev–Trinajstić information content (AvgIpc) is 2.76. The van der Waals surface area contributed by atoms with Crippen molar-refractivity contribution in [1.82, 2.24) is 15.5 Å². The second-order valence-electron chi connectivity index (χ2n) is 7.81. The smallest absolute Gasteiger partial charge is 0.191 e. The van der Waals surface area contributed by atoms with Gasteiger partial charge in [-0.3, -0.25) is 0 Å². The minimum Gasteiger partial charge on any atom is -0.491 e. The molecule has 1 heterocycles. The molecule has 1 aliphatic rings. The zero-order valence-electron chi connectivity index (χ0n) is 19.6. The molecule has 1 saturated heterocycles. The van der Waals surface area contributed by atoms with Crippen molar-refractivity contribution in [2.24, 2.45) is 10.9 Å². The number of benzene rings is 1. The molecule has 2 rings (SSSR count). The Morgan fingerprint density at radius 1 is 1.10 bits per heavy atom. The van der Waals surface area contributed by atoms with Crippen LogP contribution >= 0.6 is 24.0 Å². The highest BCUT2D eigenvalue weighted by atomic mass is 127. The predicted molar refractivity (Wildman–Crippen MR) is 138 cm³/mol. The van der Waals surface area contributed by atoms with E-state index in [1.807, 2.05) is 0 Å². The summed E-state index contributed by atoms with van der Waals surface area (Å²) < 4.78 is 16.2. The van der Waals surface area contributed by atoms with Crippen molar-refractivity contribution in [3.05, 3.63) is 29.3 Å². The molecule has 7 nitrogen and oxygen atoms in total. The van der Waals surface area contributed by atoms with Gasteiger partial charge in [-0.05, 0) is 57.3 Å². The molecule has 0 bridgehead atoms. The number of piperidine rings is 1. The Labute approximate surface area is 205 Å².